The van der Waals surface area contributed by atoms with Gasteiger partial charge in [-0.3, -0.25) is 4.79 Å². The van der Waals surface area contributed by atoms with Crippen molar-refractivity contribution in [1.29, 1.82) is 0 Å². The minimum Gasteiger partial charge on any atom is -0.496 e. The molecule has 0 bridgehead atoms. The van der Waals surface area contributed by atoms with Crippen molar-refractivity contribution in [3.05, 3.63) is 46.8 Å². The molecule has 9 nitrogen and oxygen atoms in total. The minimum atomic E-state index is -0.285. The molecule has 0 amide bonds. The number of nitrogens with one attached hydrogen (secondary N) is 2. The third-order valence-electron chi connectivity index (χ3n) is 3.99. The number of aromatic amines is 2. The number of hydrogen-bond acceptors (Lipinski definition) is 7. The molecule has 26 heavy (non-hydrogen) atoms. The number of hydrogen-bond donors (Lipinski definition) is 2. The molecule has 2 aromatic heterocycles. The van der Waals surface area contributed by atoms with Gasteiger partial charge in [0.2, 0.25) is 0 Å². The van der Waals surface area contributed by atoms with Crippen molar-refractivity contribution in [3.63, 3.8) is 0 Å². The van der Waals surface area contributed by atoms with Crippen molar-refractivity contribution < 1.29 is 9.47 Å². The summed E-state index contributed by atoms with van der Waals surface area (Å²) in [5.74, 6) is 1.94. The van der Waals surface area contributed by atoms with Gasteiger partial charge in [-0.1, -0.05) is 6.07 Å². The molecule has 0 fully saturated rings. The van der Waals surface area contributed by atoms with Gasteiger partial charge in [0.05, 0.1) is 25.1 Å². The molecule has 130 valence electrons. The van der Waals surface area contributed by atoms with Crippen LogP contribution in [0, 0.1) is 0 Å². The number of tetrazole rings is 1. The zero-order valence-electron chi connectivity index (χ0n) is 14.0. The molecule has 0 saturated heterocycles. The summed E-state index contributed by atoms with van der Waals surface area (Å²) in [5.41, 5.74) is 1.53. The maximum atomic E-state index is 12.7. The number of rotatable bonds is 4. The van der Waals surface area contributed by atoms with E-state index in [-0.39, 0.29) is 5.56 Å². The normalized spacial score (nSPS) is 10.8. The summed E-state index contributed by atoms with van der Waals surface area (Å²) >= 11 is 0. The Morgan fingerprint density at radius 3 is 2.42 bits per heavy atom. The fourth-order valence-corrected chi connectivity index (χ4v) is 2.77. The van der Waals surface area contributed by atoms with Crippen LogP contribution in [0.1, 0.15) is 0 Å². The zero-order chi connectivity index (χ0) is 18.1. The van der Waals surface area contributed by atoms with E-state index in [0.717, 1.165) is 0 Å². The third kappa shape index (κ3) is 2.55. The van der Waals surface area contributed by atoms with Crippen molar-refractivity contribution in [2.75, 3.05) is 14.2 Å². The molecule has 4 aromatic rings. The van der Waals surface area contributed by atoms with Gasteiger partial charge in [0.25, 0.3) is 5.56 Å². The summed E-state index contributed by atoms with van der Waals surface area (Å²) < 4.78 is 10.8. The number of methoxy groups -OCH3 is 2. The second kappa shape index (κ2) is 6.28. The van der Waals surface area contributed by atoms with Crippen LogP contribution < -0.4 is 15.0 Å². The summed E-state index contributed by atoms with van der Waals surface area (Å²) in [6.45, 7) is 0. The van der Waals surface area contributed by atoms with E-state index in [0.29, 0.717) is 45.2 Å². The van der Waals surface area contributed by atoms with Crippen LogP contribution in [0.4, 0.5) is 0 Å². The molecule has 2 aromatic carbocycles. The lowest BCUT2D eigenvalue weighted by atomic mass is 10.1. The summed E-state index contributed by atoms with van der Waals surface area (Å²) in [4.78, 5) is 20.0. The Hall–Kier alpha value is -3.75. The van der Waals surface area contributed by atoms with Crippen LogP contribution in [0.15, 0.2) is 41.2 Å². The van der Waals surface area contributed by atoms with Crippen LogP contribution >= 0.6 is 0 Å². The third-order valence-corrected chi connectivity index (χ3v) is 3.99. The first-order valence-electron chi connectivity index (χ1n) is 7.71. The molecule has 0 radical (unpaired) electrons. The smallest absolute Gasteiger partial charge is 0.259 e. The predicted octanol–water partition coefficient (Wildman–Crippen LogP) is 1.79. The lowest BCUT2D eigenvalue weighted by Crippen LogP contribution is -2.10. The van der Waals surface area contributed by atoms with E-state index in [1.807, 2.05) is 0 Å². The topological polar surface area (TPSA) is 119 Å². The van der Waals surface area contributed by atoms with Crippen LogP contribution in [0.2, 0.25) is 0 Å². The average molecular weight is 350 g/mol. The largest absolute Gasteiger partial charge is 0.496 e. The number of fused-ring (bicyclic) bond motifs is 1. The van der Waals surface area contributed by atoms with E-state index in [2.05, 4.69) is 30.6 Å². The van der Waals surface area contributed by atoms with Crippen LogP contribution in [-0.4, -0.2) is 44.8 Å². The summed E-state index contributed by atoms with van der Waals surface area (Å²) in [6.07, 6.45) is 0. The second-order valence-electron chi connectivity index (χ2n) is 5.43. The summed E-state index contributed by atoms with van der Waals surface area (Å²) in [7, 11) is 3.10. The van der Waals surface area contributed by atoms with Gasteiger partial charge < -0.3 is 14.5 Å². The van der Waals surface area contributed by atoms with Gasteiger partial charge >= 0.3 is 0 Å². The predicted molar refractivity (Wildman–Crippen MR) is 94.1 cm³/mol. The number of benzene rings is 2. The first-order valence-corrected chi connectivity index (χ1v) is 7.71. The lowest BCUT2D eigenvalue weighted by Gasteiger charge is -2.12. The number of H-pyrrole nitrogens is 2. The maximum Gasteiger partial charge on any atom is 0.259 e. The van der Waals surface area contributed by atoms with E-state index in [1.54, 1.807) is 50.6 Å². The van der Waals surface area contributed by atoms with Crippen molar-refractivity contribution in [3.8, 4) is 34.3 Å². The van der Waals surface area contributed by atoms with E-state index >= 15 is 0 Å². The number of aromatic nitrogens is 6. The molecule has 4 rings (SSSR count). The SMILES string of the molecule is COc1cccc(OC)c1-c1nc2ccc(-c3nnn[nH]3)cc2c(=O)[nH]1. The Bertz CT molecular complexity index is 1110. The Labute approximate surface area is 147 Å². The van der Waals surface area contributed by atoms with Gasteiger partial charge in [-0.25, -0.2) is 10.1 Å². The molecule has 2 N–H and O–H groups in total. The molecule has 0 atom stereocenters. The number of nitrogens with zero attached hydrogens (tertiary/aromatic N) is 4. The highest BCUT2D eigenvalue weighted by Crippen LogP contribution is 2.36. The fourth-order valence-electron chi connectivity index (χ4n) is 2.77. The molecule has 0 unspecified atom stereocenters. The first-order chi connectivity index (χ1) is 12.7. The monoisotopic (exact) mass is 350 g/mol. The van der Waals surface area contributed by atoms with E-state index in [9.17, 15) is 4.79 Å². The summed E-state index contributed by atoms with van der Waals surface area (Å²) in [5, 5.41) is 14.0. The van der Waals surface area contributed by atoms with Gasteiger partial charge in [-0.15, -0.1) is 5.10 Å². The second-order valence-corrected chi connectivity index (χ2v) is 5.43. The fraction of sp³-hybridized carbons (Fsp3) is 0.118. The quantitative estimate of drug-likeness (QED) is 0.576. The maximum absolute atomic E-state index is 12.7. The molecular weight excluding hydrogens is 336 g/mol. The van der Waals surface area contributed by atoms with E-state index < -0.39 is 0 Å². The van der Waals surface area contributed by atoms with E-state index in [4.69, 9.17) is 9.47 Å². The standard InChI is InChI=1S/C17H14N6O3/c1-25-12-4-3-5-13(26-2)14(12)16-18-11-7-6-9(15-20-22-23-21-15)8-10(11)17(24)19-16/h3-8H,1-2H3,(H,18,19,24)(H,20,21,22,23). The minimum absolute atomic E-state index is 0.285. The highest BCUT2D eigenvalue weighted by molar-refractivity contribution is 5.85. The van der Waals surface area contributed by atoms with Crippen molar-refractivity contribution in [2.45, 2.75) is 0 Å². The molecule has 0 aliphatic heterocycles. The molecule has 0 aliphatic rings. The Balaban J connectivity index is 1.92. The molecule has 0 aliphatic carbocycles. The molecular formula is C17H14N6O3. The Morgan fingerprint density at radius 1 is 1.00 bits per heavy atom. The highest BCUT2D eigenvalue weighted by atomic mass is 16.5. The van der Waals surface area contributed by atoms with Crippen LogP contribution in [0.5, 0.6) is 11.5 Å². The molecule has 9 heteroatoms. The molecule has 0 saturated carbocycles. The van der Waals surface area contributed by atoms with Gasteiger partial charge in [-0.05, 0) is 40.8 Å². The average Bonchev–Trinajstić information content (AvgIpc) is 3.21. The molecule has 2 heterocycles. The summed E-state index contributed by atoms with van der Waals surface area (Å²) in [6, 6.07) is 10.6. The number of ether oxygens (including phenoxy) is 2. The van der Waals surface area contributed by atoms with Crippen molar-refractivity contribution in [1.82, 2.24) is 30.6 Å². The Morgan fingerprint density at radius 2 is 1.77 bits per heavy atom. The van der Waals surface area contributed by atoms with Crippen molar-refractivity contribution in [2.24, 2.45) is 0 Å². The Kier molecular flexibility index (Phi) is 3.81. The van der Waals surface area contributed by atoms with Crippen LogP contribution in [-0.2, 0) is 0 Å². The van der Waals surface area contributed by atoms with Gasteiger partial charge in [0.1, 0.15) is 22.9 Å². The van der Waals surface area contributed by atoms with Gasteiger partial charge in [0.15, 0.2) is 5.82 Å². The van der Waals surface area contributed by atoms with Gasteiger partial charge in [0, 0.05) is 5.56 Å². The lowest BCUT2D eigenvalue weighted by molar-refractivity contribution is 0.397. The zero-order valence-corrected chi connectivity index (χ0v) is 14.0. The van der Waals surface area contributed by atoms with Gasteiger partial charge in [-0.2, -0.15) is 0 Å². The van der Waals surface area contributed by atoms with E-state index in [1.165, 1.54) is 0 Å². The molecule has 0 spiro atoms. The van der Waals surface area contributed by atoms with Crippen LogP contribution in [0.25, 0.3) is 33.7 Å². The van der Waals surface area contributed by atoms with Crippen molar-refractivity contribution >= 4 is 10.9 Å². The highest BCUT2D eigenvalue weighted by Gasteiger charge is 2.16. The first kappa shape index (κ1) is 15.8. The van der Waals surface area contributed by atoms with Crippen LogP contribution in [0.3, 0.4) is 0 Å².